The maximum Gasteiger partial charge on any atom is 0.122 e. The molecule has 144 valence electrons. The largest absolute Gasteiger partial charge is 0.491 e. The zero-order valence-electron chi connectivity index (χ0n) is 16.6. The molecule has 0 aliphatic carbocycles. The molecule has 0 bridgehead atoms. The van der Waals surface area contributed by atoms with Crippen molar-refractivity contribution in [3.8, 4) is 5.75 Å². The highest BCUT2D eigenvalue weighted by Crippen LogP contribution is 2.38. The summed E-state index contributed by atoms with van der Waals surface area (Å²) in [6, 6.07) is 6.24. The molecule has 2 atom stereocenters. The minimum Gasteiger partial charge on any atom is -0.491 e. The highest BCUT2D eigenvalue weighted by Gasteiger charge is 2.42. The third-order valence-electron chi connectivity index (χ3n) is 5.51. The van der Waals surface area contributed by atoms with Crippen LogP contribution in [0.1, 0.15) is 64.0 Å². The third kappa shape index (κ3) is 4.79. The number of rotatable bonds is 5. The third-order valence-corrected chi connectivity index (χ3v) is 5.51. The lowest BCUT2D eigenvalue weighted by Crippen LogP contribution is -2.52. The van der Waals surface area contributed by atoms with Gasteiger partial charge < -0.3 is 14.6 Å². The number of piperidine rings is 1. The summed E-state index contributed by atoms with van der Waals surface area (Å²) < 4.78 is 12.2. The van der Waals surface area contributed by atoms with Crippen molar-refractivity contribution in [3.05, 3.63) is 35.9 Å². The average Bonchev–Trinajstić information content (AvgIpc) is 2.58. The molecular formula is C22H33NO3. The highest BCUT2D eigenvalue weighted by molar-refractivity contribution is 5.38. The first-order valence-corrected chi connectivity index (χ1v) is 10.0. The Morgan fingerprint density at radius 2 is 2.08 bits per heavy atom. The molecule has 2 saturated heterocycles. The van der Waals surface area contributed by atoms with Gasteiger partial charge in [0, 0.05) is 19.5 Å². The van der Waals surface area contributed by atoms with E-state index in [1.807, 2.05) is 19.9 Å². The first-order valence-electron chi connectivity index (χ1n) is 10.0. The van der Waals surface area contributed by atoms with Gasteiger partial charge in [0.2, 0.25) is 0 Å². The quantitative estimate of drug-likeness (QED) is 0.864. The van der Waals surface area contributed by atoms with Gasteiger partial charge in [-0.1, -0.05) is 19.1 Å². The zero-order valence-corrected chi connectivity index (χ0v) is 16.6. The monoisotopic (exact) mass is 359 g/mol. The molecule has 2 radical (unpaired) electrons. The van der Waals surface area contributed by atoms with Gasteiger partial charge in [-0.05, 0) is 63.6 Å². The lowest BCUT2D eigenvalue weighted by atomic mass is 9.81. The van der Waals surface area contributed by atoms with Crippen LogP contribution in [0.25, 0.3) is 0 Å². The van der Waals surface area contributed by atoms with Crippen LogP contribution < -0.4 is 4.74 Å². The Morgan fingerprint density at radius 1 is 1.35 bits per heavy atom. The summed E-state index contributed by atoms with van der Waals surface area (Å²) >= 11 is 0. The Morgan fingerprint density at radius 3 is 2.69 bits per heavy atom. The molecule has 1 spiro atoms. The number of aliphatic hydroxyl groups is 1. The van der Waals surface area contributed by atoms with E-state index in [-0.39, 0.29) is 23.9 Å². The first kappa shape index (κ1) is 19.7. The molecule has 2 aliphatic rings. The van der Waals surface area contributed by atoms with E-state index in [2.05, 4.69) is 37.4 Å². The van der Waals surface area contributed by atoms with Gasteiger partial charge in [-0.2, -0.15) is 0 Å². The number of aryl methyl sites for hydroxylation is 1. The van der Waals surface area contributed by atoms with E-state index < -0.39 is 0 Å². The van der Waals surface area contributed by atoms with Gasteiger partial charge in [-0.3, -0.25) is 4.90 Å². The van der Waals surface area contributed by atoms with Gasteiger partial charge in [-0.15, -0.1) is 0 Å². The molecule has 4 nitrogen and oxygen atoms in total. The molecule has 0 aromatic heterocycles. The van der Waals surface area contributed by atoms with Crippen LogP contribution in [0.5, 0.6) is 5.75 Å². The summed E-state index contributed by atoms with van der Waals surface area (Å²) in [6.07, 6.45) is 4.62. The second-order valence-electron chi connectivity index (χ2n) is 8.17. The van der Waals surface area contributed by atoms with E-state index in [4.69, 9.17) is 9.47 Å². The van der Waals surface area contributed by atoms with Crippen molar-refractivity contribution in [2.24, 2.45) is 0 Å². The van der Waals surface area contributed by atoms with Crippen LogP contribution in [0.4, 0.5) is 0 Å². The number of nitrogens with zero attached hydrogens (tertiary/aromatic N) is 1. The lowest BCUT2D eigenvalue weighted by molar-refractivity contribution is -0.180. The Labute approximate surface area is 158 Å². The van der Waals surface area contributed by atoms with Crippen molar-refractivity contribution in [2.45, 2.75) is 83.7 Å². The summed E-state index contributed by atoms with van der Waals surface area (Å²) in [7, 11) is 0. The van der Waals surface area contributed by atoms with E-state index in [0.717, 1.165) is 62.1 Å². The van der Waals surface area contributed by atoms with Crippen LogP contribution in [0.15, 0.2) is 18.2 Å². The van der Waals surface area contributed by atoms with E-state index in [1.54, 1.807) is 0 Å². The van der Waals surface area contributed by atoms with Crippen LogP contribution >= 0.6 is 0 Å². The van der Waals surface area contributed by atoms with Crippen molar-refractivity contribution in [1.82, 2.24) is 4.90 Å². The minimum atomic E-state index is -0.218. The molecule has 1 aromatic carbocycles. The standard InChI is InChI=1S/C22H33NO3/c1-5-20-13-19(24)14-22(26-20)8-10-23(11-9-22)15-18-6-7-21(17(4)12-18)25-16(2)3/h6-7,12,16,19-20,24H,5,8-11,13-14H2,1-4H3/t19-,20-/m1/s1. The predicted molar refractivity (Wildman–Crippen MR) is 103 cm³/mol. The van der Waals surface area contributed by atoms with Crippen molar-refractivity contribution in [3.63, 3.8) is 0 Å². The molecule has 0 amide bonds. The number of hydrogen-bond acceptors (Lipinski definition) is 4. The van der Waals surface area contributed by atoms with Gasteiger partial charge in [0.15, 0.2) is 0 Å². The van der Waals surface area contributed by atoms with E-state index in [0.29, 0.717) is 0 Å². The Bertz CT molecular complexity index is 593. The predicted octanol–water partition coefficient (Wildman–Crippen LogP) is 3.95. The maximum absolute atomic E-state index is 10.2. The first-order chi connectivity index (χ1) is 12.4. The Hall–Kier alpha value is -1.10. The Kier molecular flexibility index (Phi) is 6.26. The van der Waals surface area contributed by atoms with Crippen LogP contribution in [0, 0.1) is 13.5 Å². The Balaban J connectivity index is 1.56. The summed E-state index contributed by atoms with van der Waals surface area (Å²) in [6.45, 7) is 13.7. The van der Waals surface area contributed by atoms with Crippen molar-refractivity contribution >= 4 is 0 Å². The van der Waals surface area contributed by atoms with Gasteiger partial charge in [0.05, 0.1) is 30.5 Å². The second-order valence-corrected chi connectivity index (χ2v) is 8.17. The lowest BCUT2D eigenvalue weighted by Gasteiger charge is -2.47. The molecule has 3 rings (SSSR count). The number of ether oxygens (including phenoxy) is 2. The molecule has 0 unspecified atom stereocenters. The number of aliphatic hydroxyl groups excluding tert-OH is 1. The maximum atomic E-state index is 10.2. The molecule has 1 N–H and O–H groups in total. The van der Waals surface area contributed by atoms with Gasteiger partial charge in [-0.25, -0.2) is 0 Å². The smallest absolute Gasteiger partial charge is 0.122 e. The van der Waals surface area contributed by atoms with E-state index >= 15 is 0 Å². The summed E-state index contributed by atoms with van der Waals surface area (Å²) in [5, 5.41) is 10.2. The van der Waals surface area contributed by atoms with Gasteiger partial charge in [0.25, 0.3) is 0 Å². The number of likely N-dealkylation sites (tertiary alicyclic amines) is 1. The molecule has 4 heteroatoms. The fraction of sp³-hybridized carbons (Fsp3) is 0.682. The molecule has 2 aliphatic heterocycles. The minimum absolute atomic E-state index is 0.137. The molecule has 1 aromatic rings. The topological polar surface area (TPSA) is 41.9 Å². The summed E-state index contributed by atoms with van der Waals surface area (Å²) in [5.74, 6) is 0.943. The van der Waals surface area contributed by atoms with Crippen LogP contribution in [-0.4, -0.2) is 47.0 Å². The van der Waals surface area contributed by atoms with Crippen molar-refractivity contribution < 1.29 is 14.6 Å². The normalized spacial score (nSPS) is 26.4. The van der Waals surface area contributed by atoms with Crippen LogP contribution in [0.3, 0.4) is 0 Å². The number of hydrogen-bond donors (Lipinski definition) is 1. The van der Waals surface area contributed by atoms with Gasteiger partial charge in [0.1, 0.15) is 5.75 Å². The molecule has 2 heterocycles. The van der Waals surface area contributed by atoms with Crippen LogP contribution in [-0.2, 0) is 4.74 Å². The molecular weight excluding hydrogens is 326 g/mol. The molecule has 26 heavy (non-hydrogen) atoms. The fourth-order valence-corrected chi connectivity index (χ4v) is 4.15. The number of benzene rings is 1. The van der Waals surface area contributed by atoms with Crippen LogP contribution in [0.2, 0.25) is 0 Å². The highest BCUT2D eigenvalue weighted by atomic mass is 16.5. The fourth-order valence-electron chi connectivity index (χ4n) is 4.15. The van der Waals surface area contributed by atoms with Crippen molar-refractivity contribution in [1.29, 1.82) is 0 Å². The molecule has 0 saturated carbocycles. The van der Waals surface area contributed by atoms with E-state index in [9.17, 15) is 5.11 Å². The summed E-state index contributed by atoms with van der Waals surface area (Å²) in [4.78, 5) is 2.26. The average molecular weight is 360 g/mol. The second kappa shape index (κ2) is 8.28. The summed E-state index contributed by atoms with van der Waals surface area (Å²) in [5.41, 5.74) is 2.09. The van der Waals surface area contributed by atoms with E-state index in [1.165, 1.54) is 0 Å². The molecule has 2 fully saturated rings. The van der Waals surface area contributed by atoms with Crippen molar-refractivity contribution in [2.75, 3.05) is 13.1 Å². The zero-order chi connectivity index (χ0) is 18.7. The SMILES string of the molecule is CC[C@@H]1C[C@@H](O)CC2(CCN([C]c3ccc(OC(C)C)c(C)c3)CC2)O1. The van der Waals surface area contributed by atoms with Gasteiger partial charge >= 0.3 is 0 Å².